The molecule has 0 aromatic heterocycles. The van der Waals surface area contributed by atoms with E-state index >= 15 is 0 Å². The van der Waals surface area contributed by atoms with Crippen molar-refractivity contribution in [3.8, 4) is 0 Å². The predicted octanol–water partition coefficient (Wildman–Crippen LogP) is 0.213. The first kappa shape index (κ1) is 9.58. The summed E-state index contributed by atoms with van der Waals surface area (Å²) in [6.07, 6.45) is 4.80. The van der Waals surface area contributed by atoms with E-state index < -0.39 is 0 Å². The molecule has 0 unspecified atom stereocenters. The Labute approximate surface area is 70.0 Å². The summed E-state index contributed by atoms with van der Waals surface area (Å²) in [4.78, 5) is 0. The fourth-order valence-electron chi connectivity index (χ4n) is 1.19. The Morgan fingerprint density at radius 1 is 0.889 bits per heavy atom. The average molecular weight is 221 g/mol. The van der Waals surface area contributed by atoms with Crippen LogP contribution >= 0.6 is 0 Å². The van der Waals surface area contributed by atoms with E-state index in [0.29, 0.717) is 0 Å². The molecule has 0 aliphatic heterocycles. The molecule has 0 amide bonds. The minimum Gasteiger partial charge on any atom is -0.326 e. The van der Waals surface area contributed by atoms with E-state index in [-0.39, 0.29) is 32.5 Å². The maximum absolute atomic E-state index is 5.65. The minimum atomic E-state index is 0. The summed E-state index contributed by atoms with van der Waals surface area (Å²) in [6.45, 7) is 0. The molecule has 1 aliphatic rings. The first-order chi connectivity index (χ1) is 3.80. The summed E-state index contributed by atoms with van der Waals surface area (Å²) >= 11 is 0. The first-order valence-electron chi connectivity index (χ1n) is 3.32. The van der Waals surface area contributed by atoms with Crippen molar-refractivity contribution in [3.63, 3.8) is 0 Å². The largest absolute Gasteiger partial charge is 0.326 e. The van der Waals surface area contributed by atoms with Gasteiger partial charge in [0.15, 0.2) is 0 Å². The normalized spacial score (nSPS) is 35.3. The van der Waals surface area contributed by atoms with Crippen LogP contribution in [0.3, 0.4) is 0 Å². The van der Waals surface area contributed by atoms with Crippen LogP contribution in [-0.4, -0.2) is 12.1 Å². The van der Waals surface area contributed by atoms with Gasteiger partial charge in [0.05, 0.1) is 0 Å². The Morgan fingerprint density at radius 2 is 1.22 bits per heavy atom. The van der Waals surface area contributed by atoms with Crippen molar-refractivity contribution < 1.29 is 20.4 Å². The van der Waals surface area contributed by atoms with Gasteiger partial charge in [-0.05, 0) is 12.8 Å². The van der Waals surface area contributed by atoms with Gasteiger partial charge in [0.2, 0.25) is 0 Å². The molecule has 1 rings (SSSR count). The third-order valence-corrected chi connectivity index (χ3v) is 1.87. The molecule has 9 heavy (non-hydrogen) atoms. The Balaban J connectivity index is 0.000000640. The molecule has 0 bridgehead atoms. The molecule has 0 heterocycles. The molecule has 0 saturated heterocycles. The van der Waals surface area contributed by atoms with Crippen LogP contribution in [0.2, 0.25) is 0 Å². The van der Waals surface area contributed by atoms with Crippen LogP contribution in [0.15, 0.2) is 0 Å². The van der Waals surface area contributed by atoms with Crippen LogP contribution in [0.25, 0.3) is 0 Å². The van der Waals surface area contributed by atoms with Gasteiger partial charge >= 0.3 is 0 Å². The Hall–Kier alpha value is 0.582. The van der Waals surface area contributed by atoms with Crippen molar-refractivity contribution in [2.75, 3.05) is 0 Å². The molecule has 1 fully saturated rings. The van der Waals surface area contributed by atoms with Crippen molar-refractivity contribution in [1.29, 1.82) is 0 Å². The molecule has 1 aliphatic carbocycles. The summed E-state index contributed by atoms with van der Waals surface area (Å²) in [5.74, 6) is 0. The van der Waals surface area contributed by atoms with Gasteiger partial charge in [-0.15, -0.1) is 0 Å². The van der Waals surface area contributed by atoms with E-state index in [0.717, 1.165) is 12.8 Å². The fourth-order valence-corrected chi connectivity index (χ4v) is 1.19. The van der Waals surface area contributed by atoms with Crippen LogP contribution in [0.1, 0.15) is 25.7 Å². The quantitative estimate of drug-likeness (QED) is 0.574. The molecule has 2 atom stereocenters. The zero-order chi connectivity index (χ0) is 5.98. The Bertz CT molecular complexity index is 67.5. The number of hydrogen-bond acceptors (Lipinski definition) is 2. The monoisotopic (exact) mass is 220 g/mol. The second-order valence-electron chi connectivity index (χ2n) is 2.61. The summed E-state index contributed by atoms with van der Waals surface area (Å²) < 4.78 is 0. The maximum Gasteiger partial charge on any atom is 0.0192 e. The SMILES string of the molecule is N[C@@H]1CCCC[C@@H]1N.[Pd]. The molecule has 0 spiro atoms. The van der Waals surface area contributed by atoms with E-state index in [1.165, 1.54) is 12.8 Å². The summed E-state index contributed by atoms with van der Waals surface area (Å²) in [5, 5.41) is 0. The molecule has 0 aromatic carbocycles. The van der Waals surface area contributed by atoms with E-state index in [9.17, 15) is 0 Å². The smallest absolute Gasteiger partial charge is 0.0192 e. The zero-order valence-corrected chi connectivity index (χ0v) is 7.01. The van der Waals surface area contributed by atoms with Crippen molar-refractivity contribution in [2.45, 2.75) is 37.8 Å². The molecular formula is C6H14N2Pd. The van der Waals surface area contributed by atoms with Gasteiger partial charge in [-0.25, -0.2) is 0 Å². The standard InChI is InChI=1S/C6H14N2.Pd/c7-5-3-1-2-4-6(5)8;/h5-6H,1-4,7-8H2;/t5-,6+;. The Kier molecular flexibility index (Phi) is 4.69. The van der Waals surface area contributed by atoms with Gasteiger partial charge in [0, 0.05) is 32.5 Å². The van der Waals surface area contributed by atoms with E-state index in [2.05, 4.69) is 0 Å². The van der Waals surface area contributed by atoms with Gasteiger partial charge in [-0.1, -0.05) is 12.8 Å². The molecule has 0 radical (unpaired) electrons. The Morgan fingerprint density at radius 3 is 1.44 bits per heavy atom. The van der Waals surface area contributed by atoms with Crippen LogP contribution in [0.5, 0.6) is 0 Å². The van der Waals surface area contributed by atoms with Crippen molar-refractivity contribution in [3.05, 3.63) is 0 Å². The fraction of sp³-hybridized carbons (Fsp3) is 1.00. The summed E-state index contributed by atoms with van der Waals surface area (Å²) in [5.41, 5.74) is 11.3. The maximum atomic E-state index is 5.65. The van der Waals surface area contributed by atoms with E-state index in [1.807, 2.05) is 0 Å². The van der Waals surface area contributed by atoms with Gasteiger partial charge < -0.3 is 11.5 Å². The van der Waals surface area contributed by atoms with Gasteiger partial charge in [0.1, 0.15) is 0 Å². The van der Waals surface area contributed by atoms with Crippen LogP contribution in [0, 0.1) is 0 Å². The van der Waals surface area contributed by atoms with Gasteiger partial charge in [-0.3, -0.25) is 0 Å². The molecule has 3 heteroatoms. The molecule has 1 saturated carbocycles. The first-order valence-corrected chi connectivity index (χ1v) is 3.32. The second-order valence-corrected chi connectivity index (χ2v) is 2.61. The minimum absolute atomic E-state index is 0. The molecule has 58 valence electrons. The third-order valence-electron chi connectivity index (χ3n) is 1.87. The molecule has 4 N–H and O–H groups in total. The summed E-state index contributed by atoms with van der Waals surface area (Å²) in [6, 6.07) is 0.562. The van der Waals surface area contributed by atoms with E-state index in [1.54, 1.807) is 0 Å². The molecule has 0 aromatic rings. The van der Waals surface area contributed by atoms with Crippen LogP contribution < -0.4 is 11.5 Å². The number of nitrogens with two attached hydrogens (primary N) is 2. The van der Waals surface area contributed by atoms with Gasteiger partial charge in [-0.2, -0.15) is 0 Å². The second kappa shape index (κ2) is 4.41. The van der Waals surface area contributed by atoms with Crippen molar-refractivity contribution in [2.24, 2.45) is 11.5 Å². The topological polar surface area (TPSA) is 52.0 Å². The number of rotatable bonds is 0. The average Bonchev–Trinajstić information content (AvgIpc) is 1.77. The number of hydrogen-bond donors (Lipinski definition) is 2. The predicted molar refractivity (Wildman–Crippen MR) is 34.4 cm³/mol. The molecular weight excluding hydrogens is 206 g/mol. The van der Waals surface area contributed by atoms with E-state index in [4.69, 9.17) is 11.5 Å². The van der Waals surface area contributed by atoms with Gasteiger partial charge in [0.25, 0.3) is 0 Å². The third kappa shape index (κ3) is 2.77. The molecule has 2 nitrogen and oxygen atoms in total. The zero-order valence-electron chi connectivity index (χ0n) is 5.45. The van der Waals surface area contributed by atoms with Crippen molar-refractivity contribution in [1.82, 2.24) is 0 Å². The van der Waals surface area contributed by atoms with Crippen LogP contribution in [0.4, 0.5) is 0 Å². The van der Waals surface area contributed by atoms with Crippen molar-refractivity contribution >= 4 is 0 Å². The van der Waals surface area contributed by atoms with Crippen LogP contribution in [-0.2, 0) is 20.4 Å². The summed E-state index contributed by atoms with van der Waals surface area (Å²) in [7, 11) is 0.